The predicted molar refractivity (Wildman–Crippen MR) is 72.3 cm³/mol. The Hall–Kier alpha value is -2.50. The molecule has 2 heterocycles. The highest BCUT2D eigenvalue weighted by Crippen LogP contribution is 2.23. The van der Waals surface area contributed by atoms with Crippen LogP contribution in [0.2, 0.25) is 0 Å². The summed E-state index contributed by atoms with van der Waals surface area (Å²) in [5, 5.41) is 0. The molecule has 4 amide bonds. The van der Waals surface area contributed by atoms with Crippen molar-refractivity contribution in [2.75, 3.05) is 13.1 Å². The first-order chi connectivity index (χ1) is 9.99. The average molecular weight is 286 g/mol. The topological polar surface area (TPSA) is 74.8 Å². The first kappa shape index (κ1) is 13.5. The normalized spacial score (nSPS) is 21.2. The quantitative estimate of drug-likeness (QED) is 0.749. The van der Waals surface area contributed by atoms with E-state index in [0.717, 1.165) is 0 Å². The van der Waals surface area contributed by atoms with Crippen molar-refractivity contribution in [2.24, 2.45) is 5.92 Å². The van der Waals surface area contributed by atoms with Crippen LogP contribution in [0.1, 0.15) is 34.1 Å². The number of hydrogen-bond acceptors (Lipinski definition) is 4. The molecule has 0 bridgehead atoms. The van der Waals surface area contributed by atoms with E-state index in [2.05, 4.69) is 0 Å². The molecule has 1 atom stereocenters. The van der Waals surface area contributed by atoms with Crippen molar-refractivity contribution >= 4 is 23.6 Å². The Labute approximate surface area is 121 Å². The van der Waals surface area contributed by atoms with Gasteiger partial charge in [-0.15, -0.1) is 0 Å². The molecule has 0 unspecified atom stereocenters. The van der Waals surface area contributed by atoms with Crippen molar-refractivity contribution in [3.8, 4) is 0 Å². The fraction of sp³-hybridized carbons (Fsp3) is 0.333. The maximum atomic E-state index is 12.2. The van der Waals surface area contributed by atoms with Gasteiger partial charge in [0.05, 0.1) is 11.1 Å². The summed E-state index contributed by atoms with van der Waals surface area (Å²) in [4.78, 5) is 50.3. The number of benzene rings is 1. The third kappa shape index (κ3) is 2.12. The van der Waals surface area contributed by atoms with Gasteiger partial charge in [0.1, 0.15) is 6.54 Å². The number of rotatable bonds is 2. The Morgan fingerprint density at radius 1 is 1.14 bits per heavy atom. The van der Waals surface area contributed by atoms with E-state index in [1.807, 2.05) is 6.92 Å². The van der Waals surface area contributed by atoms with Crippen molar-refractivity contribution in [3.63, 3.8) is 0 Å². The summed E-state index contributed by atoms with van der Waals surface area (Å²) in [5.41, 5.74) is 0.467. The third-order valence-electron chi connectivity index (χ3n) is 3.78. The molecule has 2 aliphatic rings. The zero-order valence-electron chi connectivity index (χ0n) is 11.5. The van der Waals surface area contributed by atoms with Crippen LogP contribution in [0.4, 0.5) is 0 Å². The van der Waals surface area contributed by atoms with Gasteiger partial charge in [-0.25, -0.2) is 4.90 Å². The van der Waals surface area contributed by atoms with Gasteiger partial charge in [-0.1, -0.05) is 19.1 Å². The Balaban J connectivity index is 1.79. The average Bonchev–Trinajstić information content (AvgIpc) is 2.89. The summed E-state index contributed by atoms with van der Waals surface area (Å²) >= 11 is 0. The van der Waals surface area contributed by atoms with E-state index in [-0.39, 0.29) is 29.5 Å². The van der Waals surface area contributed by atoms with Crippen LogP contribution in [0.15, 0.2) is 24.3 Å². The Morgan fingerprint density at radius 3 is 2.19 bits per heavy atom. The van der Waals surface area contributed by atoms with Gasteiger partial charge < -0.3 is 4.90 Å². The van der Waals surface area contributed by atoms with E-state index >= 15 is 0 Å². The molecule has 108 valence electrons. The summed E-state index contributed by atoms with van der Waals surface area (Å²) in [7, 11) is 0. The van der Waals surface area contributed by atoms with Gasteiger partial charge in [0.15, 0.2) is 0 Å². The number of nitrogens with zero attached hydrogens (tertiary/aromatic N) is 2. The monoisotopic (exact) mass is 286 g/mol. The lowest BCUT2D eigenvalue weighted by Gasteiger charge is -2.18. The molecule has 0 spiro atoms. The van der Waals surface area contributed by atoms with E-state index in [1.54, 1.807) is 12.1 Å². The van der Waals surface area contributed by atoms with Crippen molar-refractivity contribution < 1.29 is 19.2 Å². The molecular formula is C15H14N2O4. The molecule has 6 nitrogen and oxygen atoms in total. The van der Waals surface area contributed by atoms with E-state index in [0.29, 0.717) is 17.9 Å². The Bertz CT molecular complexity index is 632. The number of imide groups is 3. The summed E-state index contributed by atoms with van der Waals surface area (Å²) in [6.07, 6.45) is 0.398. The van der Waals surface area contributed by atoms with Crippen LogP contribution in [0.5, 0.6) is 0 Å². The second-order valence-corrected chi connectivity index (χ2v) is 5.47. The summed E-state index contributed by atoms with van der Waals surface area (Å²) < 4.78 is 0. The third-order valence-corrected chi connectivity index (χ3v) is 3.78. The van der Waals surface area contributed by atoms with Gasteiger partial charge in [-0.05, 0) is 18.1 Å². The standard InChI is InChI=1S/C15H14N2O4/c1-9-6-12(18)16(7-9)8-13(19)17-14(20)10-4-2-3-5-11(10)15(17)21/h2-5,9H,6-8H2,1H3/t9-/m0/s1. The zero-order valence-corrected chi connectivity index (χ0v) is 11.5. The minimum atomic E-state index is -0.649. The van der Waals surface area contributed by atoms with Gasteiger partial charge >= 0.3 is 0 Å². The van der Waals surface area contributed by atoms with Gasteiger partial charge in [-0.3, -0.25) is 19.2 Å². The molecule has 1 aromatic carbocycles. The Morgan fingerprint density at radius 2 is 1.71 bits per heavy atom. The van der Waals surface area contributed by atoms with Gasteiger partial charge in [0.2, 0.25) is 5.91 Å². The van der Waals surface area contributed by atoms with E-state index in [9.17, 15) is 19.2 Å². The summed E-state index contributed by atoms with van der Waals surface area (Å²) in [6.45, 7) is 2.17. The summed E-state index contributed by atoms with van der Waals surface area (Å²) in [6, 6.07) is 6.32. The molecule has 1 aromatic rings. The zero-order chi connectivity index (χ0) is 15.1. The number of amides is 4. The van der Waals surface area contributed by atoms with Crippen molar-refractivity contribution in [1.29, 1.82) is 0 Å². The molecule has 1 fully saturated rings. The van der Waals surface area contributed by atoms with Crippen LogP contribution in [0.3, 0.4) is 0 Å². The fourth-order valence-electron chi connectivity index (χ4n) is 2.77. The van der Waals surface area contributed by atoms with Crippen molar-refractivity contribution in [3.05, 3.63) is 35.4 Å². The molecule has 1 saturated heterocycles. The second-order valence-electron chi connectivity index (χ2n) is 5.47. The molecule has 2 aliphatic heterocycles. The molecule has 6 heteroatoms. The largest absolute Gasteiger partial charge is 0.333 e. The van der Waals surface area contributed by atoms with Gasteiger partial charge in [0, 0.05) is 13.0 Å². The van der Waals surface area contributed by atoms with Crippen LogP contribution in [0, 0.1) is 5.92 Å². The first-order valence-electron chi connectivity index (χ1n) is 6.77. The SMILES string of the molecule is C[C@H]1CC(=O)N(CC(=O)N2C(=O)c3ccccc3C2=O)C1. The van der Waals surface area contributed by atoms with E-state index < -0.39 is 17.7 Å². The highest BCUT2D eigenvalue weighted by atomic mass is 16.2. The van der Waals surface area contributed by atoms with Crippen LogP contribution in [-0.2, 0) is 9.59 Å². The molecule has 21 heavy (non-hydrogen) atoms. The van der Waals surface area contributed by atoms with Gasteiger partial charge in [-0.2, -0.15) is 0 Å². The number of hydrogen-bond donors (Lipinski definition) is 0. The molecule has 0 saturated carbocycles. The second kappa shape index (κ2) is 4.80. The highest BCUT2D eigenvalue weighted by molar-refractivity contribution is 6.29. The van der Waals surface area contributed by atoms with Crippen LogP contribution >= 0.6 is 0 Å². The number of likely N-dealkylation sites (tertiary alicyclic amines) is 1. The van der Waals surface area contributed by atoms with E-state index in [4.69, 9.17) is 0 Å². The van der Waals surface area contributed by atoms with Crippen LogP contribution in [-0.4, -0.2) is 46.5 Å². The minimum absolute atomic E-state index is 0.118. The first-order valence-corrected chi connectivity index (χ1v) is 6.77. The predicted octanol–water partition coefficient (Wildman–Crippen LogP) is 0.678. The van der Waals surface area contributed by atoms with Crippen molar-refractivity contribution in [1.82, 2.24) is 9.80 Å². The van der Waals surface area contributed by atoms with Crippen LogP contribution < -0.4 is 0 Å². The highest BCUT2D eigenvalue weighted by Gasteiger charge is 2.41. The molecule has 0 aromatic heterocycles. The molecule has 0 radical (unpaired) electrons. The number of carbonyl (C=O) groups is 4. The lowest BCUT2D eigenvalue weighted by molar-refractivity contribution is -0.135. The van der Waals surface area contributed by atoms with Gasteiger partial charge in [0.25, 0.3) is 17.7 Å². The smallest absolute Gasteiger partial charge is 0.268 e. The maximum Gasteiger partial charge on any atom is 0.268 e. The Kier molecular flexibility index (Phi) is 3.08. The maximum absolute atomic E-state index is 12.2. The van der Waals surface area contributed by atoms with E-state index in [1.165, 1.54) is 17.0 Å². The molecule has 0 N–H and O–H groups in total. The fourth-order valence-corrected chi connectivity index (χ4v) is 2.77. The number of fused-ring (bicyclic) bond motifs is 1. The number of carbonyl (C=O) groups excluding carboxylic acids is 4. The summed E-state index contributed by atoms with van der Waals surface area (Å²) in [5.74, 6) is -1.80. The molecular weight excluding hydrogens is 272 g/mol. The van der Waals surface area contributed by atoms with Crippen molar-refractivity contribution in [2.45, 2.75) is 13.3 Å². The minimum Gasteiger partial charge on any atom is -0.333 e. The van der Waals surface area contributed by atoms with Crippen LogP contribution in [0.25, 0.3) is 0 Å². The molecule has 0 aliphatic carbocycles. The molecule has 3 rings (SSSR count). The lowest BCUT2D eigenvalue weighted by Crippen LogP contribution is -2.43. The lowest BCUT2D eigenvalue weighted by atomic mass is 10.1.